The van der Waals surface area contributed by atoms with Crippen molar-refractivity contribution < 1.29 is 14.4 Å². The van der Waals surface area contributed by atoms with Crippen molar-refractivity contribution in [2.24, 2.45) is 0 Å². The summed E-state index contributed by atoms with van der Waals surface area (Å²) in [5, 5.41) is 5.88. The molecule has 0 aliphatic carbocycles. The number of nitrogens with one attached hydrogen (secondary N) is 2. The predicted molar refractivity (Wildman–Crippen MR) is 123 cm³/mol. The lowest BCUT2D eigenvalue weighted by Gasteiger charge is -2.20. The molecule has 31 heavy (non-hydrogen) atoms. The van der Waals surface area contributed by atoms with Crippen molar-refractivity contribution in [3.63, 3.8) is 0 Å². The Balaban J connectivity index is 2.01. The maximum atomic E-state index is 13.1. The highest BCUT2D eigenvalue weighted by molar-refractivity contribution is 6.36. The highest BCUT2D eigenvalue weighted by Crippen LogP contribution is 2.33. The van der Waals surface area contributed by atoms with Crippen LogP contribution in [0.2, 0.25) is 0 Å². The zero-order valence-corrected chi connectivity index (χ0v) is 18.9. The van der Waals surface area contributed by atoms with Crippen molar-refractivity contribution in [3.8, 4) is 0 Å². The number of nitrogens with zero attached hydrogens (tertiary/aromatic N) is 1. The van der Waals surface area contributed by atoms with E-state index in [4.69, 9.17) is 0 Å². The Morgan fingerprint density at radius 2 is 1.42 bits per heavy atom. The van der Waals surface area contributed by atoms with Gasteiger partial charge in [-0.1, -0.05) is 45.0 Å². The van der Waals surface area contributed by atoms with E-state index >= 15 is 0 Å². The van der Waals surface area contributed by atoms with Gasteiger partial charge in [0.25, 0.3) is 11.8 Å². The molecular weight excluding hydrogens is 390 g/mol. The predicted octanol–water partition coefficient (Wildman–Crippen LogP) is 4.54. The molecule has 0 aromatic heterocycles. The summed E-state index contributed by atoms with van der Waals surface area (Å²) >= 11 is 0. The minimum absolute atomic E-state index is 0.0200. The summed E-state index contributed by atoms with van der Waals surface area (Å²) in [6.07, 6.45) is 0. The Morgan fingerprint density at radius 1 is 0.871 bits per heavy atom. The van der Waals surface area contributed by atoms with E-state index in [1.807, 2.05) is 38.1 Å². The standard InChI is InChI=1S/C25H29N3O3/c1-15(2)28-23(30)21(17-7-11-19(12-8-17)26-16(3)29)22(24(28)31)27-20-13-9-18(10-14-20)25(4,5)6/h7-15,27H,1-6H3,(H,26,29). The van der Waals surface area contributed by atoms with Gasteiger partial charge in [0.05, 0.1) is 5.57 Å². The molecule has 0 fully saturated rings. The molecule has 2 aromatic carbocycles. The average Bonchev–Trinajstić information content (AvgIpc) is 2.92. The van der Waals surface area contributed by atoms with E-state index in [-0.39, 0.29) is 34.9 Å². The number of anilines is 2. The number of imide groups is 1. The lowest BCUT2D eigenvalue weighted by molar-refractivity contribution is -0.138. The van der Waals surface area contributed by atoms with E-state index < -0.39 is 0 Å². The summed E-state index contributed by atoms with van der Waals surface area (Å²) in [7, 11) is 0. The molecule has 0 saturated heterocycles. The van der Waals surface area contributed by atoms with Crippen LogP contribution in [0.3, 0.4) is 0 Å². The molecule has 1 heterocycles. The van der Waals surface area contributed by atoms with Gasteiger partial charge in [-0.05, 0) is 54.7 Å². The molecule has 2 N–H and O–H groups in total. The van der Waals surface area contributed by atoms with Crippen LogP contribution >= 0.6 is 0 Å². The molecule has 1 aliphatic rings. The summed E-state index contributed by atoms with van der Waals surface area (Å²) < 4.78 is 0. The fourth-order valence-corrected chi connectivity index (χ4v) is 3.52. The lowest BCUT2D eigenvalue weighted by atomic mass is 9.87. The first-order chi connectivity index (χ1) is 14.5. The number of amides is 3. The SMILES string of the molecule is CC(=O)Nc1ccc(C2=C(Nc3ccc(C(C)(C)C)cc3)C(=O)N(C(C)C)C2=O)cc1. The quantitative estimate of drug-likeness (QED) is 0.698. The van der Waals surface area contributed by atoms with Gasteiger partial charge in [0.1, 0.15) is 5.70 Å². The summed E-state index contributed by atoms with van der Waals surface area (Å²) in [5.74, 6) is -0.854. The molecule has 0 spiro atoms. The van der Waals surface area contributed by atoms with E-state index in [1.165, 1.54) is 17.4 Å². The molecule has 162 valence electrons. The second kappa shape index (κ2) is 8.38. The molecule has 0 unspecified atom stereocenters. The van der Waals surface area contributed by atoms with Gasteiger partial charge in [-0.15, -0.1) is 0 Å². The summed E-state index contributed by atoms with van der Waals surface area (Å²) in [4.78, 5) is 38.8. The van der Waals surface area contributed by atoms with Crippen LogP contribution in [0, 0.1) is 0 Å². The largest absolute Gasteiger partial charge is 0.350 e. The maximum Gasteiger partial charge on any atom is 0.278 e. The van der Waals surface area contributed by atoms with E-state index in [2.05, 4.69) is 31.4 Å². The van der Waals surface area contributed by atoms with Crippen LogP contribution < -0.4 is 10.6 Å². The Bertz CT molecular complexity index is 1040. The Labute approximate surface area is 183 Å². The number of rotatable bonds is 5. The molecule has 1 aliphatic heterocycles. The van der Waals surface area contributed by atoms with Crippen LogP contribution in [0.1, 0.15) is 52.7 Å². The van der Waals surface area contributed by atoms with Gasteiger partial charge < -0.3 is 10.6 Å². The first kappa shape index (κ1) is 22.3. The highest BCUT2D eigenvalue weighted by Gasteiger charge is 2.40. The van der Waals surface area contributed by atoms with Gasteiger partial charge in [0.2, 0.25) is 5.91 Å². The van der Waals surface area contributed by atoms with E-state index in [0.717, 1.165) is 5.69 Å². The van der Waals surface area contributed by atoms with Gasteiger partial charge in [-0.25, -0.2) is 0 Å². The minimum Gasteiger partial charge on any atom is -0.350 e. The number of hydrogen-bond donors (Lipinski definition) is 2. The number of hydrogen-bond acceptors (Lipinski definition) is 4. The van der Waals surface area contributed by atoms with Gasteiger partial charge in [0.15, 0.2) is 0 Å². The molecule has 6 nitrogen and oxygen atoms in total. The normalized spacial score (nSPS) is 14.5. The number of benzene rings is 2. The lowest BCUT2D eigenvalue weighted by Crippen LogP contribution is -2.38. The fraction of sp³-hybridized carbons (Fsp3) is 0.320. The molecule has 0 radical (unpaired) electrons. The molecule has 3 rings (SSSR count). The highest BCUT2D eigenvalue weighted by atomic mass is 16.2. The maximum absolute atomic E-state index is 13.1. The van der Waals surface area contributed by atoms with Crippen LogP contribution in [-0.2, 0) is 19.8 Å². The monoisotopic (exact) mass is 419 g/mol. The third kappa shape index (κ3) is 4.68. The van der Waals surface area contributed by atoms with Gasteiger partial charge in [-0.3, -0.25) is 19.3 Å². The smallest absolute Gasteiger partial charge is 0.278 e. The van der Waals surface area contributed by atoms with Gasteiger partial charge in [-0.2, -0.15) is 0 Å². The van der Waals surface area contributed by atoms with Crippen molar-refractivity contribution in [2.75, 3.05) is 10.6 Å². The van der Waals surface area contributed by atoms with E-state index in [1.54, 1.807) is 24.3 Å². The number of carbonyl (C=O) groups excluding carboxylic acids is 3. The van der Waals surface area contributed by atoms with Crippen LogP contribution in [0.15, 0.2) is 54.2 Å². The molecule has 0 saturated carbocycles. The molecule has 6 heteroatoms. The van der Waals surface area contributed by atoms with Gasteiger partial charge in [0, 0.05) is 24.3 Å². The fourth-order valence-electron chi connectivity index (χ4n) is 3.52. The summed E-state index contributed by atoms with van der Waals surface area (Å²) in [5.41, 5.74) is 3.76. The minimum atomic E-state index is -0.346. The molecule has 0 bridgehead atoms. The van der Waals surface area contributed by atoms with Gasteiger partial charge >= 0.3 is 0 Å². The van der Waals surface area contributed by atoms with Crippen LogP contribution in [-0.4, -0.2) is 28.7 Å². The third-order valence-corrected chi connectivity index (χ3v) is 5.15. The topological polar surface area (TPSA) is 78.5 Å². The first-order valence-corrected chi connectivity index (χ1v) is 10.4. The van der Waals surface area contributed by atoms with Crippen LogP contribution in [0.25, 0.3) is 5.57 Å². The Morgan fingerprint density at radius 3 is 1.90 bits per heavy atom. The van der Waals surface area contributed by atoms with Crippen molar-refractivity contribution >= 4 is 34.7 Å². The van der Waals surface area contributed by atoms with Crippen LogP contribution in [0.4, 0.5) is 11.4 Å². The van der Waals surface area contributed by atoms with Crippen molar-refractivity contribution in [2.45, 2.75) is 53.0 Å². The van der Waals surface area contributed by atoms with Crippen molar-refractivity contribution in [3.05, 3.63) is 65.4 Å². The van der Waals surface area contributed by atoms with Crippen molar-refractivity contribution in [1.29, 1.82) is 0 Å². The van der Waals surface area contributed by atoms with E-state index in [0.29, 0.717) is 16.8 Å². The van der Waals surface area contributed by atoms with E-state index in [9.17, 15) is 14.4 Å². The molecule has 3 amide bonds. The van der Waals surface area contributed by atoms with Crippen molar-refractivity contribution in [1.82, 2.24) is 4.90 Å². The first-order valence-electron chi connectivity index (χ1n) is 10.4. The second-order valence-corrected chi connectivity index (χ2v) is 9.03. The summed E-state index contributed by atoms with van der Waals surface area (Å²) in [6, 6.07) is 14.5. The molecule has 2 aromatic rings. The second-order valence-electron chi connectivity index (χ2n) is 9.03. The number of carbonyl (C=O) groups is 3. The zero-order valence-electron chi connectivity index (χ0n) is 18.9. The molecular formula is C25H29N3O3. The zero-order chi connectivity index (χ0) is 22.9. The average molecular weight is 420 g/mol. The van der Waals surface area contributed by atoms with Crippen LogP contribution in [0.5, 0.6) is 0 Å². The summed E-state index contributed by atoms with van der Waals surface area (Å²) in [6.45, 7) is 11.5. The molecule has 0 atom stereocenters. The Kier molecular flexibility index (Phi) is 6.02. The Hall–Kier alpha value is -3.41. The third-order valence-electron chi connectivity index (χ3n) is 5.15.